The Morgan fingerprint density at radius 3 is 2.68 bits per heavy atom. The van der Waals surface area contributed by atoms with Crippen LogP contribution in [-0.4, -0.2) is 31.5 Å². The van der Waals surface area contributed by atoms with Gasteiger partial charge in [-0.25, -0.2) is 4.52 Å². The molecule has 0 aliphatic carbocycles. The van der Waals surface area contributed by atoms with Crippen molar-refractivity contribution in [3.63, 3.8) is 0 Å². The highest BCUT2D eigenvalue weighted by atomic mass is 16.5. The molecule has 122 valence electrons. The Labute approximate surface area is 144 Å². The molecule has 0 aromatic carbocycles. The SMILES string of the molecule is COc1cc(-c2cnn(C)c2)cn2ncc(C#Cc3cccnc3)c12. The highest BCUT2D eigenvalue weighted by molar-refractivity contribution is 5.75. The average molecular weight is 329 g/mol. The van der Waals surface area contributed by atoms with Crippen molar-refractivity contribution in [2.24, 2.45) is 7.05 Å². The van der Waals surface area contributed by atoms with E-state index in [4.69, 9.17) is 4.74 Å². The first kappa shape index (κ1) is 15.0. The predicted molar refractivity (Wildman–Crippen MR) is 94.2 cm³/mol. The second kappa shape index (κ2) is 6.13. The summed E-state index contributed by atoms with van der Waals surface area (Å²) >= 11 is 0. The zero-order valence-electron chi connectivity index (χ0n) is 13.8. The minimum atomic E-state index is 0.717. The summed E-state index contributed by atoms with van der Waals surface area (Å²) in [5.41, 5.74) is 4.48. The van der Waals surface area contributed by atoms with Gasteiger partial charge in [0.25, 0.3) is 0 Å². The number of ether oxygens (including phenoxy) is 1. The first-order valence-corrected chi connectivity index (χ1v) is 7.71. The van der Waals surface area contributed by atoms with E-state index >= 15 is 0 Å². The molecule has 0 aliphatic heterocycles. The molecule has 0 saturated carbocycles. The van der Waals surface area contributed by atoms with Crippen molar-refractivity contribution in [3.05, 3.63) is 66.5 Å². The van der Waals surface area contributed by atoms with Gasteiger partial charge in [-0.05, 0) is 18.2 Å². The van der Waals surface area contributed by atoms with Gasteiger partial charge in [-0.15, -0.1) is 0 Å². The highest BCUT2D eigenvalue weighted by Gasteiger charge is 2.12. The Morgan fingerprint density at radius 2 is 1.96 bits per heavy atom. The van der Waals surface area contributed by atoms with Crippen LogP contribution in [0.15, 0.2) is 55.4 Å². The van der Waals surface area contributed by atoms with E-state index in [-0.39, 0.29) is 0 Å². The fourth-order valence-corrected chi connectivity index (χ4v) is 2.64. The van der Waals surface area contributed by atoms with Crippen LogP contribution in [0.2, 0.25) is 0 Å². The van der Waals surface area contributed by atoms with Crippen LogP contribution in [-0.2, 0) is 7.05 Å². The lowest BCUT2D eigenvalue weighted by molar-refractivity contribution is 0.417. The van der Waals surface area contributed by atoms with Crippen molar-refractivity contribution in [1.82, 2.24) is 24.4 Å². The Hall–Kier alpha value is -3.59. The van der Waals surface area contributed by atoms with Gasteiger partial charge in [0.2, 0.25) is 0 Å². The number of hydrogen-bond donors (Lipinski definition) is 0. The van der Waals surface area contributed by atoms with Crippen molar-refractivity contribution in [3.8, 4) is 28.7 Å². The lowest BCUT2D eigenvalue weighted by Crippen LogP contribution is -1.94. The largest absolute Gasteiger partial charge is 0.494 e. The molecule has 0 saturated heterocycles. The molecule has 0 fully saturated rings. The van der Waals surface area contributed by atoms with Crippen molar-refractivity contribution >= 4 is 5.52 Å². The summed E-state index contributed by atoms with van der Waals surface area (Å²) in [5.74, 6) is 6.97. The normalized spacial score (nSPS) is 10.5. The fourth-order valence-electron chi connectivity index (χ4n) is 2.64. The summed E-state index contributed by atoms with van der Waals surface area (Å²) in [5, 5.41) is 8.64. The minimum Gasteiger partial charge on any atom is -0.494 e. The third-order valence-electron chi connectivity index (χ3n) is 3.84. The molecule has 0 N–H and O–H groups in total. The molecule has 6 nitrogen and oxygen atoms in total. The Bertz CT molecular complexity index is 1100. The summed E-state index contributed by atoms with van der Waals surface area (Å²) in [6.45, 7) is 0. The van der Waals surface area contributed by atoms with Crippen molar-refractivity contribution in [2.45, 2.75) is 0 Å². The number of nitrogens with zero attached hydrogens (tertiary/aromatic N) is 5. The third-order valence-corrected chi connectivity index (χ3v) is 3.84. The first-order chi connectivity index (χ1) is 12.2. The second-order valence-electron chi connectivity index (χ2n) is 5.54. The standard InChI is InChI=1S/C19H15N5O/c1-23-12-17(11-21-23)16-8-18(25-2)19-15(10-22-24(19)13-16)6-5-14-4-3-7-20-9-14/h3-4,7-13H,1-2H3. The number of aryl methyl sites for hydroxylation is 1. The van der Waals surface area contributed by atoms with Crippen LogP contribution in [0.4, 0.5) is 0 Å². The van der Waals surface area contributed by atoms with Gasteiger partial charge in [-0.3, -0.25) is 9.67 Å². The Balaban J connectivity index is 1.82. The molecule has 0 bridgehead atoms. The molecule has 0 spiro atoms. The number of hydrogen-bond acceptors (Lipinski definition) is 4. The van der Waals surface area contributed by atoms with Crippen molar-refractivity contribution < 1.29 is 4.74 Å². The van der Waals surface area contributed by atoms with E-state index in [2.05, 4.69) is 27.0 Å². The van der Waals surface area contributed by atoms with Gasteiger partial charge in [-0.2, -0.15) is 10.2 Å². The zero-order chi connectivity index (χ0) is 17.2. The molecular weight excluding hydrogens is 314 g/mol. The smallest absolute Gasteiger partial charge is 0.146 e. The van der Waals surface area contributed by atoms with E-state index in [1.807, 2.05) is 43.8 Å². The number of pyridine rings is 2. The molecule has 4 aromatic rings. The van der Waals surface area contributed by atoms with E-state index in [9.17, 15) is 0 Å². The highest BCUT2D eigenvalue weighted by Crippen LogP contribution is 2.29. The van der Waals surface area contributed by atoms with Crippen LogP contribution in [0, 0.1) is 11.8 Å². The zero-order valence-corrected chi connectivity index (χ0v) is 13.8. The molecule has 0 radical (unpaired) electrons. The molecule has 25 heavy (non-hydrogen) atoms. The number of methoxy groups -OCH3 is 1. The number of aromatic nitrogens is 5. The topological polar surface area (TPSA) is 57.2 Å². The quantitative estimate of drug-likeness (QED) is 0.530. The maximum atomic E-state index is 5.58. The molecule has 0 unspecified atom stereocenters. The molecular formula is C19H15N5O. The van der Waals surface area contributed by atoms with Crippen molar-refractivity contribution in [1.29, 1.82) is 0 Å². The van der Waals surface area contributed by atoms with E-state index in [1.54, 1.807) is 34.9 Å². The van der Waals surface area contributed by atoms with Gasteiger partial charge in [0.1, 0.15) is 11.3 Å². The van der Waals surface area contributed by atoms with Crippen LogP contribution in [0.3, 0.4) is 0 Å². The summed E-state index contributed by atoms with van der Waals surface area (Å²) < 4.78 is 9.13. The van der Waals surface area contributed by atoms with Gasteiger partial charge >= 0.3 is 0 Å². The molecule has 4 aromatic heterocycles. The van der Waals surface area contributed by atoms with Crippen LogP contribution in [0.5, 0.6) is 5.75 Å². The van der Waals surface area contributed by atoms with Gasteiger partial charge < -0.3 is 4.74 Å². The molecule has 4 heterocycles. The first-order valence-electron chi connectivity index (χ1n) is 7.71. The maximum Gasteiger partial charge on any atom is 0.146 e. The van der Waals surface area contributed by atoms with Gasteiger partial charge in [-0.1, -0.05) is 11.8 Å². The van der Waals surface area contributed by atoms with Crippen LogP contribution in [0.25, 0.3) is 16.6 Å². The summed E-state index contributed by atoms with van der Waals surface area (Å²) in [6.07, 6.45) is 10.9. The van der Waals surface area contributed by atoms with E-state index in [0.717, 1.165) is 27.8 Å². The van der Waals surface area contributed by atoms with Crippen molar-refractivity contribution in [2.75, 3.05) is 7.11 Å². The fraction of sp³-hybridized carbons (Fsp3) is 0.105. The minimum absolute atomic E-state index is 0.717. The van der Waals surface area contributed by atoms with Crippen LogP contribution < -0.4 is 4.74 Å². The molecule has 0 aliphatic rings. The number of rotatable bonds is 2. The van der Waals surface area contributed by atoms with E-state index < -0.39 is 0 Å². The Morgan fingerprint density at radius 1 is 1.04 bits per heavy atom. The van der Waals surface area contributed by atoms with E-state index in [0.29, 0.717) is 5.75 Å². The summed E-state index contributed by atoms with van der Waals surface area (Å²) in [7, 11) is 3.53. The summed E-state index contributed by atoms with van der Waals surface area (Å²) in [6, 6.07) is 5.76. The molecule has 0 amide bonds. The van der Waals surface area contributed by atoms with Crippen LogP contribution >= 0.6 is 0 Å². The van der Waals surface area contributed by atoms with Gasteiger partial charge in [0.05, 0.1) is 25.1 Å². The van der Waals surface area contributed by atoms with Crippen LogP contribution in [0.1, 0.15) is 11.1 Å². The second-order valence-corrected chi connectivity index (χ2v) is 5.54. The average Bonchev–Trinajstić information content (AvgIpc) is 3.26. The number of fused-ring (bicyclic) bond motifs is 1. The van der Waals surface area contributed by atoms with Gasteiger partial charge in [0.15, 0.2) is 0 Å². The van der Waals surface area contributed by atoms with Gasteiger partial charge in [0, 0.05) is 48.5 Å². The molecule has 0 atom stereocenters. The maximum absolute atomic E-state index is 5.58. The van der Waals surface area contributed by atoms with E-state index in [1.165, 1.54) is 0 Å². The lowest BCUT2D eigenvalue weighted by Gasteiger charge is -2.06. The third kappa shape index (κ3) is 2.83. The lowest BCUT2D eigenvalue weighted by atomic mass is 10.1. The predicted octanol–water partition coefficient (Wildman–Crippen LogP) is 2.54. The molecule has 6 heteroatoms. The molecule has 4 rings (SSSR count). The summed E-state index contributed by atoms with van der Waals surface area (Å²) in [4.78, 5) is 4.07. The monoisotopic (exact) mass is 329 g/mol. The Kier molecular flexibility index (Phi) is 3.67.